The molecule has 14 heavy (non-hydrogen) atoms. The number of nitrogens with zero attached hydrogens (tertiary/aromatic N) is 1. The van der Waals surface area contributed by atoms with Crippen LogP contribution >= 0.6 is 0 Å². The molecule has 0 saturated carbocycles. The molecular formula is C9H12FN3O. The number of guanidine groups is 1. The summed E-state index contributed by atoms with van der Waals surface area (Å²) in [6, 6.07) is 4.32. The van der Waals surface area contributed by atoms with E-state index in [0.29, 0.717) is 11.3 Å². The van der Waals surface area contributed by atoms with Crippen LogP contribution in [0.1, 0.15) is 5.56 Å². The fraction of sp³-hybridized carbons (Fsp3) is 0.222. The predicted octanol–water partition coefficient (Wildman–Crippen LogP) is 0.608. The van der Waals surface area contributed by atoms with Crippen molar-refractivity contribution in [3.8, 4) is 5.75 Å². The molecule has 0 spiro atoms. The van der Waals surface area contributed by atoms with E-state index in [4.69, 9.17) is 16.2 Å². The Kier molecular flexibility index (Phi) is 3.28. The smallest absolute Gasteiger partial charge is 0.186 e. The fourth-order valence-electron chi connectivity index (χ4n) is 1.01. The number of ether oxygens (including phenoxy) is 1. The highest BCUT2D eigenvalue weighted by Gasteiger charge is 2.00. The van der Waals surface area contributed by atoms with Crippen LogP contribution in [0.3, 0.4) is 0 Å². The average Bonchev–Trinajstić information content (AvgIpc) is 2.14. The molecule has 0 heterocycles. The van der Waals surface area contributed by atoms with Crippen molar-refractivity contribution in [1.29, 1.82) is 0 Å². The Morgan fingerprint density at radius 1 is 1.43 bits per heavy atom. The Bertz CT molecular complexity index is 348. The lowest BCUT2D eigenvalue weighted by Gasteiger charge is -2.03. The summed E-state index contributed by atoms with van der Waals surface area (Å²) in [5.74, 6) is 0.0594. The van der Waals surface area contributed by atoms with Gasteiger partial charge < -0.3 is 16.2 Å². The van der Waals surface area contributed by atoms with Crippen molar-refractivity contribution in [3.63, 3.8) is 0 Å². The van der Waals surface area contributed by atoms with Crippen LogP contribution in [0.5, 0.6) is 5.75 Å². The lowest BCUT2D eigenvalue weighted by molar-refractivity contribution is 0.410. The molecule has 0 radical (unpaired) electrons. The van der Waals surface area contributed by atoms with Gasteiger partial charge in [-0.15, -0.1) is 0 Å². The fourth-order valence-corrected chi connectivity index (χ4v) is 1.01. The molecule has 0 aliphatic rings. The highest BCUT2D eigenvalue weighted by molar-refractivity contribution is 5.75. The van der Waals surface area contributed by atoms with Crippen LogP contribution < -0.4 is 16.2 Å². The predicted molar refractivity (Wildman–Crippen MR) is 52.5 cm³/mol. The third-order valence-electron chi connectivity index (χ3n) is 1.61. The normalized spacial score (nSPS) is 9.57. The van der Waals surface area contributed by atoms with Gasteiger partial charge in [-0.05, 0) is 17.7 Å². The number of hydrogen-bond donors (Lipinski definition) is 2. The first-order chi connectivity index (χ1) is 6.61. The van der Waals surface area contributed by atoms with E-state index in [2.05, 4.69) is 4.99 Å². The molecule has 76 valence electrons. The molecule has 5 heteroatoms. The molecule has 4 nitrogen and oxygen atoms in total. The first-order valence-electron chi connectivity index (χ1n) is 4.00. The minimum atomic E-state index is -0.370. The van der Waals surface area contributed by atoms with E-state index < -0.39 is 0 Å². The van der Waals surface area contributed by atoms with Crippen LogP contribution in [-0.2, 0) is 6.54 Å². The Labute approximate surface area is 81.4 Å². The molecule has 0 aromatic heterocycles. The van der Waals surface area contributed by atoms with E-state index in [1.807, 2.05) is 0 Å². The van der Waals surface area contributed by atoms with Crippen molar-refractivity contribution >= 4 is 5.96 Å². The zero-order valence-corrected chi connectivity index (χ0v) is 7.83. The Hall–Kier alpha value is -1.78. The summed E-state index contributed by atoms with van der Waals surface area (Å²) in [6.07, 6.45) is 0. The lowest BCUT2D eigenvalue weighted by Crippen LogP contribution is -2.22. The SMILES string of the molecule is COc1cc(F)cc(CN=C(N)N)c1. The van der Waals surface area contributed by atoms with Crippen LogP contribution in [0.2, 0.25) is 0 Å². The van der Waals surface area contributed by atoms with Crippen LogP contribution in [0.25, 0.3) is 0 Å². The second-order valence-electron chi connectivity index (χ2n) is 2.74. The van der Waals surface area contributed by atoms with Gasteiger partial charge in [0.15, 0.2) is 5.96 Å². The highest BCUT2D eigenvalue weighted by atomic mass is 19.1. The molecule has 1 rings (SSSR count). The molecule has 0 atom stereocenters. The monoisotopic (exact) mass is 197 g/mol. The standard InChI is InChI=1S/C9H12FN3O/c1-14-8-3-6(2-7(10)4-8)5-13-9(11)12/h2-4H,5H2,1H3,(H4,11,12,13). The molecule has 1 aromatic rings. The van der Waals surface area contributed by atoms with E-state index in [-0.39, 0.29) is 18.3 Å². The molecule has 1 aromatic carbocycles. The first kappa shape index (κ1) is 10.3. The maximum absolute atomic E-state index is 12.9. The Morgan fingerprint density at radius 2 is 2.14 bits per heavy atom. The Morgan fingerprint density at radius 3 is 2.71 bits per heavy atom. The van der Waals surface area contributed by atoms with Crippen molar-refractivity contribution < 1.29 is 9.13 Å². The Balaban J connectivity index is 2.86. The quantitative estimate of drug-likeness (QED) is 0.550. The molecule has 0 unspecified atom stereocenters. The van der Waals surface area contributed by atoms with Gasteiger partial charge in [-0.3, -0.25) is 0 Å². The molecule has 0 bridgehead atoms. The summed E-state index contributed by atoms with van der Waals surface area (Å²) in [6.45, 7) is 0.246. The zero-order chi connectivity index (χ0) is 10.6. The zero-order valence-electron chi connectivity index (χ0n) is 7.83. The van der Waals surface area contributed by atoms with Gasteiger partial charge in [0.2, 0.25) is 0 Å². The summed E-state index contributed by atoms with van der Waals surface area (Å²) in [4.78, 5) is 3.76. The number of methoxy groups -OCH3 is 1. The summed E-state index contributed by atoms with van der Waals surface area (Å²) in [5.41, 5.74) is 11.0. The van der Waals surface area contributed by atoms with Gasteiger partial charge >= 0.3 is 0 Å². The third kappa shape index (κ3) is 2.93. The van der Waals surface area contributed by atoms with Gasteiger partial charge in [0.25, 0.3) is 0 Å². The summed E-state index contributed by atoms with van der Waals surface area (Å²) in [5, 5.41) is 0. The number of halogens is 1. The number of nitrogens with two attached hydrogens (primary N) is 2. The highest BCUT2D eigenvalue weighted by Crippen LogP contribution is 2.16. The van der Waals surface area contributed by atoms with E-state index in [9.17, 15) is 4.39 Å². The van der Waals surface area contributed by atoms with Crippen LogP contribution in [0, 0.1) is 5.82 Å². The van der Waals surface area contributed by atoms with E-state index in [1.165, 1.54) is 19.2 Å². The lowest BCUT2D eigenvalue weighted by atomic mass is 10.2. The molecule has 4 N–H and O–H groups in total. The van der Waals surface area contributed by atoms with Gasteiger partial charge in [0.1, 0.15) is 11.6 Å². The minimum absolute atomic E-state index is 0.0202. The van der Waals surface area contributed by atoms with Crippen molar-refractivity contribution in [3.05, 3.63) is 29.6 Å². The number of benzene rings is 1. The number of hydrogen-bond acceptors (Lipinski definition) is 2. The van der Waals surface area contributed by atoms with Gasteiger partial charge in [-0.25, -0.2) is 9.38 Å². The minimum Gasteiger partial charge on any atom is -0.497 e. The van der Waals surface area contributed by atoms with Crippen LogP contribution in [0.15, 0.2) is 23.2 Å². The molecule has 0 saturated heterocycles. The molecular weight excluding hydrogens is 185 g/mol. The summed E-state index contributed by atoms with van der Waals surface area (Å²) in [7, 11) is 1.47. The van der Waals surface area contributed by atoms with Crippen LogP contribution in [0.4, 0.5) is 4.39 Å². The third-order valence-corrected chi connectivity index (χ3v) is 1.61. The maximum atomic E-state index is 12.9. The van der Waals surface area contributed by atoms with Gasteiger partial charge in [-0.1, -0.05) is 0 Å². The molecule has 0 amide bonds. The van der Waals surface area contributed by atoms with Crippen molar-refractivity contribution in [2.45, 2.75) is 6.54 Å². The van der Waals surface area contributed by atoms with E-state index >= 15 is 0 Å². The second-order valence-corrected chi connectivity index (χ2v) is 2.74. The van der Waals surface area contributed by atoms with E-state index in [1.54, 1.807) is 6.07 Å². The van der Waals surface area contributed by atoms with Crippen molar-refractivity contribution in [2.24, 2.45) is 16.5 Å². The van der Waals surface area contributed by atoms with Gasteiger partial charge in [0, 0.05) is 6.07 Å². The summed E-state index contributed by atoms with van der Waals surface area (Å²) < 4.78 is 17.8. The molecule has 0 aliphatic heterocycles. The number of rotatable bonds is 3. The average molecular weight is 197 g/mol. The first-order valence-corrected chi connectivity index (χ1v) is 4.00. The maximum Gasteiger partial charge on any atom is 0.186 e. The second kappa shape index (κ2) is 4.45. The van der Waals surface area contributed by atoms with Crippen LogP contribution in [-0.4, -0.2) is 13.1 Å². The van der Waals surface area contributed by atoms with Crippen molar-refractivity contribution in [2.75, 3.05) is 7.11 Å². The van der Waals surface area contributed by atoms with E-state index in [0.717, 1.165) is 0 Å². The van der Waals surface area contributed by atoms with Gasteiger partial charge in [0.05, 0.1) is 13.7 Å². The summed E-state index contributed by atoms with van der Waals surface area (Å²) >= 11 is 0. The number of aliphatic imine (C=N–C) groups is 1. The van der Waals surface area contributed by atoms with Crippen molar-refractivity contribution in [1.82, 2.24) is 0 Å². The molecule has 0 fully saturated rings. The topological polar surface area (TPSA) is 73.6 Å². The molecule has 0 aliphatic carbocycles. The van der Waals surface area contributed by atoms with Gasteiger partial charge in [-0.2, -0.15) is 0 Å². The largest absolute Gasteiger partial charge is 0.497 e.